The fourth-order valence-electron chi connectivity index (χ4n) is 2.17. The highest BCUT2D eigenvalue weighted by molar-refractivity contribution is 5.26. The Bertz CT molecular complexity index is 304. The van der Waals surface area contributed by atoms with Crippen LogP contribution in [-0.2, 0) is 6.42 Å². The van der Waals surface area contributed by atoms with Gasteiger partial charge < -0.3 is 5.32 Å². The summed E-state index contributed by atoms with van der Waals surface area (Å²) in [6, 6.07) is 9.53. The van der Waals surface area contributed by atoms with Gasteiger partial charge in [0.25, 0.3) is 0 Å². The summed E-state index contributed by atoms with van der Waals surface area (Å²) in [4.78, 5) is 0. The molecule has 0 aliphatic heterocycles. The molecule has 1 aromatic rings. The first kappa shape index (κ1) is 13.2. The summed E-state index contributed by atoms with van der Waals surface area (Å²) in [6.45, 7) is 6.78. The molecule has 0 aliphatic rings. The van der Waals surface area contributed by atoms with Crippen molar-refractivity contribution in [2.75, 3.05) is 7.05 Å². The summed E-state index contributed by atoms with van der Waals surface area (Å²) in [5, 5.41) is 3.40. The Labute approximate surface area is 100 Å². The van der Waals surface area contributed by atoms with Gasteiger partial charge in [0.05, 0.1) is 0 Å². The topological polar surface area (TPSA) is 12.0 Å². The van der Waals surface area contributed by atoms with Crippen molar-refractivity contribution in [3.05, 3.63) is 35.4 Å². The molecule has 1 atom stereocenters. The lowest BCUT2D eigenvalue weighted by Gasteiger charge is -2.17. The van der Waals surface area contributed by atoms with E-state index in [-0.39, 0.29) is 0 Å². The molecule has 1 unspecified atom stereocenters. The van der Waals surface area contributed by atoms with E-state index in [1.165, 1.54) is 30.4 Å². The number of hydrogen-bond acceptors (Lipinski definition) is 1. The maximum atomic E-state index is 3.40. The van der Waals surface area contributed by atoms with E-state index in [4.69, 9.17) is 0 Å². The van der Waals surface area contributed by atoms with Gasteiger partial charge in [-0.3, -0.25) is 0 Å². The Kier molecular flexibility index (Phi) is 5.54. The zero-order valence-electron chi connectivity index (χ0n) is 11.1. The van der Waals surface area contributed by atoms with Crippen molar-refractivity contribution in [1.82, 2.24) is 5.32 Å². The second kappa shape index (κ2) is 6.70. The first-order chi connectivity index (χ1) is 7.67. The Morgan fingerprint density at radius 2 is 2.00 bits per heavy atom. The molecule has 1 nitrogen and oxygen atoms in total. The molecule has 0 bridgehead atoms. The van der Waals surface area contributed by atoms with Crippen molar-refractivity contribution in [2.24, 2.45) is 5.92 Å². The molecule has 1 rings (SSSR count). The van der Waals surface area contributed by atoms with Crippen LogP contribution in [0, 0.1) is 5.92 Å². The van der Waals surface area contributed by atoms with Crippen LogP contribution in [0.15, 0.2) is 24.3 Å². The predicted octanol–water partition coefficient (Wildman–Crippen LogP) is 3.95. The Morgan fingerprint density at radius 1 is 1.25 bits per heavy atom. The van der Waals surface area contributed by atoms with Crippen molar-refractivity contribution >= 4 is 0 Å². The molecule has 0 aromatic heterocycles. The van der Waals surface area contributed by atoms with Crippen molar-refractivity contribution in [1.29, 1.82) is 0 Å². The second-order valence-corrected chi connectivity index (χ2v) is 4.97. The smallest absolute Gasteiger partial charge is 0.0317 e. The summed E-state index contributed by atoms with van der Waals surface area (Å²) >= 11 is 0. The van der Waals surface area contributed by atoms with Crippen LogP contribution in [0.2, 0.25) is 0 Å². The average molecular weight is 219 g/mol. The third-order valence-electron chi connectivity index (χ3n) is 2.92. The lowest BCUT2D eigenvalue weighted by molar-refractivity contribution is 0.540. The van der Waals surface area contributed by atoms with Crippen molar-refractivity contribution in [3.63, 3.8) is 0 Å². The van der Waals surface area contributed by atoms with Crippen LogP contribution in [0.3, 0.4) is 0 Å². The zero-order valence-corrected chi connectivity index (χ0v) is 11.1. The summed E-state index contributed by atoms with van der Waals surface area (Å²) in [5.41, 5.74) is 2.89. The monoisotopic (exact) mass is 219 g/mol. The van der Waals surface area contributed by atoms with Gasteiger partial charge in [0.15, 0.2) is 0 Å². The van der Waals surface area contributed by atoms with Gasteiger partial charge in [0.1, 0.15) is 0 Å². The van der Waals surface area contributed by atoms with Crippen LogP contribution in [-0.4, -0.2) is 7.05 Å². The lowest BCUT2D eigenvalue weighted by Crippen LogP contribution is -2.16. The molecule has 0 fully saturated rings. The highest BCUT2D eigenvalue weighted by atomic mass is 14.9. The van der Waals surface area contributed by atoms with Crippen LogP contribution in [0.4, 0.5) is 0 Å². The van der Waals surface area contributed by atoms with Crippen LogP contribution in [0.25, 0.3) is 0 Å². The average Bonchev–Trinajstić information content (AvgIpc) is 2.25. The van der Waals surface area contributed by atoms with Crippen LogP contribution in [0.5, 0.6) is 0 Å². The van der Waals surface area contributed by atoms with E-state index in [1.54, 1.807) is 0 Å². The molecule has 0 spiro atoms. The molecule has 0 radical (unpaired) electrons. The van der Waals surface area contributed by atoms with Crippen molar-refractivity contribution in [3.8, 4) is 0 Å². The van der Waals surface area contributed by atoms with Gasteiger partial charge in [-0.05, 0) is 36.9 Å². The van der Waals surface area contributed by atoms with Gasteiger partial charge in [0.2, 0.25) is 0 Å². The Morgan fingerprint density at radius 3 is 2.56 bits per heavy atom. The maximum absolute atomic E-state index is 3.40. The van der Waals surface area contributed by atoms with E-state index in [1.807, 2.05) is 0 Å². The molecular formula is C15H25N. The first-order valence-electron chi connectivity index (χ1n) is 6.43. The van der Waals surface area contributed by atoms with Crippen LogP contribution in [0.1, 0.15) is 50.8 Å². The van der Waals surface area contributed by atoms with E-state index in [0.29, 0.717) is 6.04 Å². The van der Waals surface area contributed by atoms with Crippen molar-refractivity contribution < 1.29 is 0 Å². The fourth-order valence-corrected chi connectivity index (χ4v) is 2.17. The maximum Gasteiger partial charge on any atom is 0.0317 e. The van der Waals surface area contributed by atoms with Gasteiger partial charge in [-0.2, -0.15) is 0 Å². The molecule has 0 saturated carbocycles. The number of hydrogen-bond donors (Lipinski definition) is 1. The van der Waals surface area contributed by atoms with Crippen molar-refractivity contribution in [2.45, 2.75) is 46.1 Å². The molecule has 0 amide bonds. The minimum Gasteiger partial charge on any atom is -0.313 e. The minimum absolute atomic E-state index is 0.511. The molecule has 0 heterocycles. The van der Waals surface area contributed by atoms with Gasteiger partial charge in [-0.25, -0.2) is 0 Å². The van der Waals surface area contributed by atoms with Gasteiger partial charge in [0, 0.05) is 6.04 Å². The van der Waals surface area contributed by atoms with Gasteiger partial charge in [-0.1, -0.05) is 51.5 Å². The fraction of sp³-hybridized carbons (Fsp3) is 0.600. The predicted molar refractivity (Wildman–Crippen MR) is 71.7 cm³/mol. The molecule has 16 heavy (non-hydrogen) atoms. The van der Waals surface area contributed by atoms with Crippen LogP contribution >= 0.6 is 0 Å². The molecule has 1 heteroatoms. The van der Waals surface area contributed by atoms with Gasteiger partial charge >= 0.3 is 0 Å². The van der Waals surface area contributed by atoms with Gasteiger partial charge in [-0.15, -0.1) is 0 Å². The largest absolute Gasteiger partial charge is 0.313 e. The second-order valence-electron chi connectivity index (χ2n) is 4.97. The molecule has 1 aromatic carbocycles. The van der Waals surface area contributed by atoms with E-state index < -0.39 is 0 Å². The molecular weight excluding hydrogens is 194 g/mol. The van der Waals surface area contributed by atoms with E-state index in [9.17, 15) is 0 Å². The summed E-state index contributed by atoms with van der Waals surface area (Å²) < 4.78 is 0. The first-order valence-corrected chi connectivity index (χ1v) is 6.43. The molecule has 0 aliphatic carbocycles. The quantitative estimate of drug-likeness (QED) is 0.764. The highest BCUT2D eigenvalue weighted by Gasteiger charge is 2.08. The molecule has 0 saturated heterocycles. The lowest BCUT2D eigenvalue weighted by atomic mass is 9.96. The number of benzene rings is 1. The summed E-state index contributed by atoms with van der Waals surface area (Å²) in [5.74, 6) is 0.731. The van der Waals surface area contributed by atoms with E-state index in [0.717, 1.165) is 5.92 Å². The summed E-state index contributed by atoms with van der Waals surface area (Å²) in [6.07, 6.45) is 3.61. The zero-order chi connectivity index (χ0) is 12.0. The molecule has 90 valence electrons. The Balaban J connectivity index is 2.79. The number of nitrogens with one attached hydrogen (secondary N) is 1. The van der Waals surface area contributed by atoms with Crippen LogP contribution < -0.4 is 5.32 Å². The van der Waals surface area contributed by atoms with E-state index in [2.05, 4.69) is 57.4 Å². The summed E-state index contributed by atoms with van der Waals surface area (Å²) in [7, 11) is 2.05. The third-order valence-corrected chi connectivity index (χ3v) is 2.92. The van der Waals surface area contributed by atoms with E-state index >= 15 is 0 Å². The number of rotatable bonds is 6. The normalized spacial score (nSPS) is 13.1. The standard InChI is InChI=1S/C15H25N/c1-5-7-15(16-4)14-9-6-8-13(11-14)10-12(2)3/h6,8-9,11-12,15-16H,5,7,10H2,1-4H3. The Hall–Kier alpha value is -0.820. The highest BCUT2D eigenvalue weighted by Crippen LogP contribution is 2.20. The third kappa shape index (κ3) is 3.97. The molecule has 1 N–H and O–H groups in total. The minimum atomic E-state index is 0.511. The SMILES string of the molecule is CCCC(NC)c1cccc(CC(C)C)c1.